The normalized spacial score (nSPS) is 10.8. The molecule has 0 radical (unpaired) electrons. The molecule has 0 atom stereocenters. The summed E-state index contributed by atoms with van der Waals surface area (Å²) in [6.45, 7) is 0. The van der Waals surface area contributed by atoms with E-state index in [1.807, 2.05) is 0 Å². The molecule has 2 N–H and O–H groups in total. The third-order valence-electron chi connectivity index (χ3n) is 2.91. The number of aromatic nitrogens is 2. The van der Waals surface area contributed by atoms with E-state index >= 15 is 0 Å². The summed E-state index contributed by atoms with van der Waals surface area (Å²) in [5.41, 5.74) is 0.908. The largest absolute Gasteiger partial charge is 0.476 e. The lowest BCUT2D eigenvalue weighted by molar-refractivity contribution is 0.0690. The zero-order valence-electron chi connectivity index (χ0n) is 10.5. The average Bonchev–Trinajstić information content (AvgIpc) is 2.80. The highest BCUT2D eigenvalue weighted by Crippen LogP contribution is 2.25. The van der Waals surface area contributed by atoms with Gasteiger partial charge in [0.25, 0.3) is 0 Å². The third-order valence-corrected chi connectivity index (χ3v) is 3.56. The van der Waals surface area contributed by atoms with Crippen molar-refractivity contribution >= 4 is 39.1 Å². The van der Waals surface area contributed by atoms with Gasteiger partial charge in [0.1, 0.15) is 11.5 Å². The second kappa shape index (κ2) is 5.17. The molecule has 0 saturated carbocycles. The number of hydrogen-bond donors (Lipinski definition) is 2. The highest BCUT2D eigenvalue weighted by molar-refractivity contribution is 9.10. The molecule has 21 heavy (non-hydrogen) atoms. The summed E-state index contributed by atoms with van der Waals surface area (Å²) in [4.78, 5) is 15.6. The van der Waals surface area contributed by atoms with Gasteiger partial charge in [-0.3, -0.25) is 4.40 Å². The number of fused-ring (bicyclic) bond motifs is 1. The van der Waals surface area contributed by atoms with Gasteiger partial charge >= 0.3 is 5.97 Å². The van der Waals surface area contributed by atoms with Crippen LogP contribution in [0.2, 0.25) is 0 Å². The van der Waals surface area contributed by atoms with Crippen molar-refractivity contribution in [2.75, 3.05) is 5.32 Å². The lowest BCUT2D eigenvalue weighted by atomic mass is 10.3. The Bertz CT molecular complexity index is 847. The molecule has 2 heterocycles. The number of anilines is 2. The maximum absolute atomic E-state index is 13.5. The number of pyridine rings is 1. The van der Waals surface area contributed by atoms with E-state index in [1.165, 1.54) is 16.5 Å². The van der Waals surface area contributed by atoms with E-state index in [1.54, 1.807) is 30.5 Å². The predicted octanol–water partition coefficient (Wildman–Crippen LogP) is 3.68. The van der Waals surface area contributed by atoms with Crippen molar-refractivity contribution in [2.45, 2.75) is 0 Å². The van der Waals surface area contributed by atoms with Gasteiger partial charge < -0.3 is 10.4 Å². The molecule has 3 aromatic rings. The van der Waals surface area contributed by atoms with E-state index in [0.717, 1.165) is 0 Å². The van der Waals surface area contributed by atoms with Gasteiger partial charge in [-0.05, 0) is 46.3 Å². The Morgan fingerprint density at radius 2 is 2.14 bits per heavy atom. The molecule has 0 amide bonds. The van der Waals surface area contributed by atoms with Gasteiger partial charge in [-0.25, -0.2) is 14.2 Å². The third kappa shape index (κ3) is 2.47. The molecule has 1 aromatic carbocycles. The number of carboxylic acid groups (broad SMARTS) is 1. The van der Waals surface area contributed by atoms with Crippen molar-refractivity contribution in [3.63, 3.8) is 0 Å². The molecule has 2 aromatic heterocycles. The smallest absolute Gasteiger partial charge is 0.356 e. The van der Waals surface area contributed by atoms with Crippen LogP contribution in [0.1, 0.15) is 10.5 Å². The van der Waals surface area contributed by atoms with Crippen LogP contribution < -0.4 is 5.32 Å². The van der Waals surface area contributed by atoms with Gasteiger partial charge in [-0.15, -0.1) is 0 Å². The Morgan fingerprint density at radius 1 is 1.33 bits per heavy atom. The zero-order valence-corrected chi connectivity index (χ0v) is 12.1. The van der Waals surface area contributed by atoms with Crippen LogP contribution in [0.25, 0.3) is 5.65 Å². The van der Waals surface area contributed by atoms with E-state index < -0.39 is 11.8 Å². The fourth-order valence-corrected chi connectivity index (χ4v) is 2.24. The maximum Gasteiger partial charge on any atom is 0.356 e. The summed E-state index contributed by atoms with van der Waals surface area (Å²) < 4.78 is 15.3. The second-order valence-electron chi connectivity index (χ2n) is 4.30. The minimum Gasteiger partial charge on any atom is -0.476 e. The number of carbonyl (C=O) groups is 1. The van der Waals surface area contributed by atoms with Crippen molar-refractivity contribution in [1.82, 2.24) is 9.38 Å². The van der Waals surface area contributed by atoms with Crippen molar-refractivity contribution < 1.29 is 14.3 Å². The Balaban J connectivity index is 2.09. The molecular weight excluding hydrogens is 341 g/mol. The number of benzene rings is 1. The Labute approximate surface area is 127 Å². The first kappa shape index (κ1) is 13.6. The van der Waals surface area contributed by atoms with Crippen LogP contribution in [0.5, 0.6) is 0 Å². The summed E-state index contributed by atoms with van der Waals surface area (Å²) in [6, 6.07) is 9.59. The average molecular weight is 350 g/mol. The summed E-state index contributed by atoms with van der Waals surface area (Å²) in [5.74, 6) is -1.40. The van der Waals surface area contributed by atoms with E-state index in [2.05, 4.69) is 26.2 Å². The lowest BCUT2D eigenvalue weighted by Gasteiger charge is -2.05. The molecule has 0 unspecified atom stereocenters. The topological polar surface area (TPSA) is 66.6 Å². The summed E-state index contributed by atoms with van der Waals surface area (Å²) in [7, 11) is 0. The van der Waals surface area contributed by atoms with Crippen LogP contribution in [0.15, 0.2) is 47.1 Å². The minimum absolute atomic E-state index is 0.00562. The highest BCUT2D eigenvalue weighted by atomic mass is 79.9. The van der Waals surface area contributed by atoms with Gasteiger partial charge in [-0.1, -0.05) is 6.07 Å². The van der Waals surface area contributed by atoms with Crippen LogP contribution in [-0.2, 0) is 0 Å². The fourth-order valence-electron chi connectivity index (χ4n) is 2.00. The zero-order chi connectivity index (χ0) is 15.0. The molecule has 5 nitrogen and oxygen atoms in total. The van der Waals surface area contributed by atoms with Crippen molar-refractivity contribution in [3.8, 4) is 0 Å². The van der Waals surface area contributed by atoms with Crippen LogP contribution in [-0.4, -0.2) is 20.5 Å². The van der Waals surface area contributed by atoms with Gasteiger partial charge in [0.05, 0.1) is 4.47 Å². The number of imidazole rings is 1. The molecule has 0 aliphatic heterocycles. The monoisotopic (exact) mass is 349 g/mol. The standard InChI is InChI=1S/C14H9BrFN3O2/c15-9-5-4-8(7-10(9)16)17-13-12(14(20)21)19-6-2-1-3-11(19)18-13/h1-7,17H,(H,20,21). The first-order valence-corrected chi connectivity index (χ1v) is 6.78. The summed E-state index contributed by atoms with van der Waals surface area (Å²) >= 11 is 3.06. The Kier molecular flexibility index (Phi) is 3.34. The number of nitrogens with zero attached hydrogens (tertiary/aromatic N) is 2. The van der Waals surface area contributed by atoms with Crippen molar-refractivity contribution in [1.29, 1.82) is 0 Å². The lowest BCUT2D eigenvalue weighted by Crippen LogP contribution is -2.05. The number of rotatable bonds is 3. The molecule has 0 spiro atoms. The van der Waals surface area contributed by atoms with Crippen molar-refractivity contribution in [3.05, 3.63) is 58.6 Å². The first-order valence-electron chi connectivity index (χ1n) is 5.99. The molecule has 3 rings (SSSR count). The number of hydrogen-bond acceptors (Lipinski definition) is 3. The molecule has 0 bridgehead atoms. The molecule has 7 heteroatoms. The maximum atomic E-state index is 13.5. The number of nitrogens with one attached hydrogen (secondary N) is 1. The highest BCUT2D eigenvalue weighted by Gasteiger charge is 2.18. The number of carboxylic acids is 1. The number of halogens is 2. The van der Waals surface area contributed by atoms with Crippen LogP contribution >= 0.6 is 15.9 Å². The molecule has 106 valence electrons. The quantitative estimate of drug-likeness (QED) is 0.756. The van der Waals surface area contributed by atoms with Crippen LogP contribution in [0.3, 0.4) is 0 Å². The van der Waals surface area contributed by atoms with Gasteiger partial charge in [0, 0.05) is 11.9 Å². The molecule has 0 aliphatic carbocycles. The molecule has 0 fully saturated rings. The fraction of sp³-hybridized carbons (Fsp3) is 0. The molecule has 0 saturated heterocycles. The Morgan fingerprint density at radius 3 is 2.86 bits per heavy atom. The predicted molar refractivity (Wildman–Crippen MR) is 79.5 cm³/mol. The minimum atomic E-state index is -1.12. The Hall–Kier alpha value is -2.41. The van der Waals surface area contributed by atoms with Gasteiger partial charge in [0.2, 0.25) is 0 Å². The van der Waals surface area contributed by atoms with Crippen LogP contribution in [0, 0.1) is 5.82 Å². The molecular formula is C14H9BrFN3O2. The SMILES string of the molecule is O=C(O)c1c(Nc2ccc(Br)c(F)c2)nc2ccccn12. The second-order valence-corrected chi connectivity index (χ2v) is 5.15. The van der Waals surface area contributed by atoms with Gasteiger partial charge in [-0.2, -0.15) is 0 Å². The number of aromatic carboxylic acids is 1. The summed E-state index contributed by atoms with van der Waals surface area (Å²) in [5, 5.41) is 12.2. The van der Waals surface area contributed by atoms with E-state index in [0.29, 0.717) is 15.8 Å². The van der Waals surface area contributed by atoms with E-state index in [-0.39, 0.29) is 11.5 Å². The van der Waals surface area contributed by atoms with E-state index in [9.17, 15) is 14.3 Å². The molecule has 0 aliphatic rings. The first-order chi connectivity index (χ1) is 10.1. The van der Waals surface area contributed by atoms with E-state index in [4.69, 9.17) is 0 Å². The van der Waals surface area contributed by atoms with Crippen LogP contribution in [0.4, 0.5) is 15.9 Å². The summed E-state index contributed by atoms with van der Waals surface area (Å²) in [6.07, 6.45) is 1.61. The van der Waals surface area contributed by atoms with Gasteiger partial charge in [0.15, 0.2) is 11.5 Å². The van der Waals surface area contributed by atoms with Crippen molar-refractivity contribution in [2.24, 2.45) is 0 Å².